The minimum atomic E-state index is -0.433. The zero-order valence-electron chi connectivity index (χ0n) is 8.56. The predicted molar refractivity (Wildman–Crippen MR) is 63.3 cm³/mol. The molecule has 0 fully saturated rings. The zero-order chi connectivity index (χ0) is 12.0. The van der Waals surface area contributed by atoms with E-state index in [0.717, 1.165) is 0 Å². The fraction of sp³-hybridized carbons (Fsp3) is 0.273. The quantitative estimate of drug-likeness (QED) is 0.658. The number of ether oxygens (including phenoxy) is 1. The van der Waals surface area contributed by atoms with E-state index in [1.165, 1.54) is 0 Å². The average molecular weight is 286 g/mol. The van der Waals surface area contributed by atoms with E-state index >= 15 is 0 Å². The summed E-state index contributed by atoms with van der Waals surface area (Å²) in [6.07, 6.45) is 0.141. The van der Waals surface area contributed by atoms with E-state index in [1.54, 1.807) is 24.3 Å². The highest BCUT2D eigenvalue weighted by molar-refractivity contribution is 9.09. The fourth-order valence-corrected chi connectivity index (χ4v) is 1.55. The molecule has 86 valence electrons. The maximum absolute atomic E-state index is 11.5. The highest BCUT2D eigenvalue weighted by Crippen LogP contribution is 2.07. The molecule has 1 atom stereocenters. The summed E-state index contributed by atoms with van der Waals surface area (Å²) in [4.78, 5) is 21.8. The van der Waals surface area contributed by atoms with E-state index in [2.05, 4.69) is 15.9 Å². The third-order valence-electron chi connectivity index (χ3n) is 1.83. The third-order valence-corrected chi connectivity index (χ3v) is 2.42. The molecule has 0 bridgehead atoms. The van der Waals surface area contributed by atoms with Gasteiger partial charge in [0, 0.05) is 6.42 Å². The molecule has 0 radical (unpaired) electrons. The molecule has 2 N–H and O–H groups in total. The minimum Gasteiger partial charge on any atom is -0.461 e. The van der Waals surface area contributed by atoms with Crippen molar-refractivity contribution >= 4 is 27.8 Å². The number of nitrogens with two attached hydrogens (primary N) is 1. The number of rotatable bonds is 5. The van der Waals surface area contributed by atoms with E-state index in [9.17, 15) is 9.59 Å². The summed E-state index contributed by atoms with van der Waals surface area (Å²) in [6.45, 7) is 0.122. The van der Waals surface area contributed by atoms with Crippen molar-refractivity contribution in [2.24, 2.45) is 5.73 Å². The molecule has 1 rings (SSSR count). The van der Waals surface area contributed by atoms with Gasteiger partial charge in [0.2, 0.25) is 5.91 Å². The average Bonchev–Trinajstić information content (AvgIpc) is 2.26. The van der Waals surface area contributed by atoms with Crippen LogP contribution in [0.5, 0.6) is 0 Å². The Balaban J connectivity index is 2.39. The summed E-state index contributed by atoms with van der Waals surface area (Å²) in [7, 11) is 0. The standard InChI is InChI=1S/C11H12BrNO3/c12-9(6-10(13)14)7-16-11(15)8-4-2-1-3-5-8/h1-5,9H,6-7H2,(H2,13,14)/t9-/m1/s1. The van der Waals surface area contributed by atoms with Crippen molar-refractivity contribution in [3.63, 3.8) is 0 Å². The lowest BCUT2D eigenvalue weighted by molar-refractivity contribution is -0.118. The van der Waals surface area contributed by atoms with Gasteiger partial charge in [0.15, 0.2) is 0 Å². The molecule has 0 unspecified atom stereocenters. The van der Waals surface area contributed by atoms with Crippen molar-refractivity contribution in [1.82, 2.24) is 0 Å². The van der Waals surface area contributed by atoms with E-state index in [1.807, 2.05) is 6.07 Å². The third kappa shape index (κ3) is 4.44. The first-order valence-electron chi connectivity index (χ1n) is 4.74. The van der Waals surface area contributed by atoms with Gasteiger partial charge in [-0.1, -0.05) is 34.1 Å². The normalized spacial score (nSPS) is 11.8. The first-order valence-corrected chi connectivity index (χ1v) is 5.65. The number of amides is 1. The van der Waals surface area contributed by atoms with Crippen molar-refractivity contribution in [3.8, 4) is 0 Å². The first-order chi connectivity index (χ1) is 7.59. The molecule has 0 aromatic heterocycles. The highest BCUT2D eigenvalue weighted by Gasteiger charge is 2.12. The number of primary amides is 1. The number of benzene rings is 1. The molecule has 1 aromatic rings. The Labute approximate surface area is 102 Å². The fourth-order valence-electron chi connectivity index (χ4n) is 1.10. The Morgan fingerprint density at radius 3 is 2.50 bits per heavy atom. The molecule has 0 heterocycles. The largest absolute Gasteiger partial charge is 0.461 e. The smallest absolute Gasteiger partial charge is 0.338 e. The van der Waals surface area contributed by atoms with Crippen molar-refractivity contribution in [1.29, 1.82) is 0 Å². The summed E-state index contributed by atoms with van der Waals surface area (Å²) in [5.74, 6) is -0.841. The number of halogens is 1. The van der Waals surface area contributed by atoms with Crippen LogP contribution in [-0.4, -0.2) is 23.3 Å². The van der Waals surface area contributed by atoms with Crippen LogP contribution in [0.4, 0.5) is 0 Å². The molecule has 0 aliphatic heterocycles. The van der Waals surface area contributed by atoms with Gasteiger partial charge in [-0.2, -0.15) is 0 Å². The number of carbonyl (C=O) groups is 2. The molecule has 1 amide bonds. The van der Waals surface area contributed by atoms with Gasteiger partial charge in [-0.25, -0.2) is 4.79 Å². The van der Waals surface area contributed by atoms with Gasteiger partial charge < -0.3 is 10.5 Å². The Morgan fingerprint density at radius 1 is 1.31 bits per heavy atom. The Bertz CT molecular complexity index is 367. The topological polar surface area (TPSA) is 69.4 Å². The highest BCUT2D eigenvalue weighted by atomic mass is 79.9. The van der Waals surface area contributed by atoms with Crippen molar-refractivity contribution < 1.29 is 14.3 Å². The monoisotopic (exact) mass is 285 g/mol. The summed E-state index contributed by atoms with van der Waals surface area (Å²) in [5, 5.41) is 0. The lowest BCUT2D eigenvalue weighted by atomic mass is 10.2. The van der Waals surface area contributed by atoms with E-state index in [4.69, 9.17) is 10.5 Å². The molecular formula is C11H12BrNO3. The van der Waals surface area contributed by atoms with Crippen LogP contribution < -0.4 is 5.73 Å². The van der Waals surface area contributed by atoms with Crippen LogP contribution >= 0.6 is 15.9 Å². The molecule has 0 saturated carbocycles. The van der Waals surface area contributed by atoms with Crippen LogP contribution in [0.15, 0.2) is 30.3 Å². The van der Waals surface area contributed by atoms with Gasteiger partial charge in [0.05, 0.1) is 10.4 Å². The van der Waals surface area contributed by atoms with Gasteiger partial charge in [-0.3, -0.25) is 4.79 Å². The molecule has 4 nitrogen and oxygen atoms in total. The summed E-state index contributed by atoms with van der Waals surface area (Å²) < 4.78 is 5.00. The van der Waals surface area contributed by atoms with Gasteiger partial charge >= 0.3 is 5.97 Å². The van der Waals surface area contributed by atoms with Gasteiger partial charge in [-0.15, -0.1) is 0 Å². The molecule has 1 aromatic carbocycles. The van der Waals surface area contributed by atoms with Gasteiger partial charge in [0.1, 0.15) is 6.61 Å². The van der Waals surface area contributed by atoms with Crippen LogP contribution in [0, 0.1) is 0 Å². The van der Waals surface area contributed by atoms with E-state index in [0.29, 0.717) is 5.56 Å². The van der Waals surface area contributed by atoms with Gasteiger partial charge in [-0.05, 0) is 12.1 Å². The number of carbonyl (C=O) groups excluding carboxylic acids is 2. The van der Waals surface area contributed by atoms with Crippen molar-refractivity contribution in [3.05, 3.63) is 35.9 Å². The van der Waals surface area contributed by atoms with Crippen LogP contribution in [0.1, 0.15) is 16.8 Å². The molecule has 16 heavy (non-hydrogen) atoms. The second kappa shape index (κ2) is 6.27. The summed E-state index contributed by atoms with van der Waals surface area (Å²) in [5.41, 5.74) is 5.49. The lowest BCUT2D eigenvalue weighted by Crippen LogP contribution is -2.21. The second-order valence-electron chi connectivity index (χ2n) is 3.23. The zero-order valence-corrected chi connectivity index (χ0v) is 10.1. The van der Waals surface area contributed by atoms with Crippen LogP contribution in [0.25, 0.3) is 0 Å². The predicted octanol–water partition coefficient (Wildman–Crippen LogP) is 1.48. The van der Waals surface area contributed by atoms with Crippen LogP contribution in [0.3, 0.4) is 0 Å². The number of esters is 1. The molecule has 0 aliphatic carbocycles. The van der Waals surface area contributed by atoms with Crippen LogP contribution in [-0.2, 0) is 9.53 Å². The first kappa shape index (κ1) is 12.7. The Morgan fingerprint density at radius 2 is 1.94 bits per heavy atom. The van der Waals surface area contributed by atoms with E-state index in [-0.39, 0.29) is 17.9 Å². The number of hydrogen-bond acceptors (Lipinski definition) is 3. The maximum atomic E-state index is 11.5. The molecule has 0 spiro atoms. The summed E-state index contributed by atoms with van der Waals surface area (Å²) in [6, 6.07) is 8.66. The van der Waals surface area contributed by atoms with Crippen molar-refractivity contribution in [2.45, 2.75) is 11.2 Å². The Hall–Kier alpha value is -1.36. The maximum Gasteiger partial charge on any atom is 0.338 e. The molecule has 0 saturated heterocycles. The second-order valence-corrected chi connectivity index (χ2v) is 4.53. The van der Waals surface area contributed by atoms with E-state index < -0.39 is 11.9 Å². The van der Waals surface area contributed by atoms with Crippen molar-refractivity contribution in [2.75, 3.05) is 6.61 Å². The summed E-state index contributed by atoms with van der Waals surface area (Å²) >= 11 is 3.20. The Kier molecular flexibility index (Phi) is 4.98. The minimum absolute atomic E-state index is 0.122. The van der Waals surface area contributed by atoms with Gasteiger partial charge in [0.25, 0.3) is 0 Å². The lowest BCUT2D eigenvalue weighted by Gasteiger charge is -2.08. The molecule has 5 heteroatoms. The number of alkyl halides is 1. The molecule has 0 aliphatic rings. The number of hydrogen-bond donors (Lipinski definition) is 1. The van der Waals surface area contributed by atoms with Crippen LogP contribution in [0.2, 0.25) is 0 Å². The SMILES string of the molecule is NC(=O)C[C@@H](Br)COC(=O)c1ccccc1. The molecular weight excluding hydrogens is 274 g/mol.